The van der Waals surface area contributed by atoms with E-state index in [1.54, 1.807) is 6.07 Å². The molecule has 0 atom stereocenters. The molecule has 6 nitrogen and oxygen atoms in total. The first-order chi connectivity index (χ1) is 9.36. The normalized spacial score (nSPS) is 11.2. The lowest BCUT2D eigenvalue weighted by atomic mass is 9.96. The molecule has 6 heteroatoms. The monoisotopic (exact) mass is 279 g/mol. The Morgan fingerprint density at radius 1 is 1.35 bits per heavy atom. The van der Waals surface area contributed by atoms with E-state index in [1.807, 2.05) is 27.7 Å². The van der Waals surface area contributed by atoms with Gasteiger partial charge >= 0.3 is 0 Å². The summed E-state index contributed by atoms with van der Waals surface area (Å²) in [5, 5.41) is 5.91. The molecular weight excluding hydrogens is 254 g/mol. The third-order valence-electron chi connectivity index (χ3n) is 2.67. The second-order valence-electron chi connectivity index (χ2n) is 5.69. The number of aryl methyl sites for hydroxylation is 1. The number of hydrogen-bond acceptors (Lipinski definition) is 5. The summed E-state index contributed by atoms with van der Waals surface area (Å²) in [6.07, 6.45) is 1.63. The van der Waals surface area contributed by atoms with Gasteiger partial charge in [0.1, 0.15) is 5.82 Å². The molecule has 0 fully saturated rings. The van der Waals surface area contributed by atoms with Crippen molar-refractivity contribution in [2.75, 3.05) is 23.7 Å². The lowest BCUT2D eigenvalue weighted by Crippen LogP contribution is -2.28. The Bertz CT molecular complexity index is 453. The molecule has 112 valence electrons. The Morgan fingerprint density at radius 3 is 2.60 bits per heavy atom. The molecule has 4 N–H and O–H groups in total. The summed E-state index contributed by atoms with van der Waals surface area (Å²) in [5.74, 6) is 0.998. The van der Waals surface area contributed by atoms with Gasteiger partial charge in [0.15, 0.2) is 0 Å². The molecule has 0 radical (unpaired) electrons. The van der Waals surface area contributed by atoms with Crippen LogP contribution in [0.5, 0.6) is 0 Å². The molecule has 1 rings (SSSR count). The number of hydrogen-bond donors (Lipinski definition) is 3. The summed E-state index contributed by atoms with van der Waals surface area (Å²) >= 11 is 0. The first kappa shape index (κ1) is 16.4. The van der Waals surface area contributed by atoms with E-state index in [2.05, 4.69) is 20.6 Å². The van der Waals surface area contributed by atoms with Crippen LogP contribution in [-0.4, -0.2) is 29.0 Å². The summed E-state index contributed by atoms with van der Waals surface area (Å²) in [5.41, 5.74) is 5.94. The van der Waals surface area contributed by atoms with Crippen LogP contribution in [0.1, 0.15) is 39.8 Å². The molecule has 0 spiro atoms. The van der Waals surface area contributed by atoms with Gasteiger partial charge in [0, 0.05) is 23.7 Å². The molecule has 1 aromatic rings. The van der Waals surface area contributed by atoms with Crippen molar-refractivity contribution in [2.24, 2.45) is 11.1 Å². The molecule has 0 aromatic carbocycles. The molecular formula is C14H25N5O. The molecule has 0 saturated heterocycles. The number of carbonyl (C=O) groups is 1. The average molecular weight is 279 g/mol. The van der Waals surface area contributed by atoms with Crippen LogP contribution in [0.2, 0.25) is 0 Å². The van der Waals surface area contributed by atoms with E-state index in [9.17, 15) is 4.79 Å². The van der Waals surface area contributed by atoms with Crippen LogP contribution in [0.3, 0.4) is 0 Å². The lowest BCUT2D eigenvalue weighted by Gasteiger charge is -2.18. The minimum absolute atomic E-state index is 0.0663. The summed E-state index contributed by atoms with van der Waals surface area (Å²) < 4.78 is 0. The maximum Gasteiger partial charge on any atom is 0.230 e. The van der Waals surface area contributed by atoms with Crippen molar-refractivity contribution in [3.8, 4) is 0 Å². The highest BCUT2D eigenvalue weighted by Crippen LogP contribution is 2.18. The van der Waals surface area contributed by atoms with Crippen molar-refractivity contribution >= 4 is 17.7 Å². The van der Waals surface area contributed by atoms with Crippen LogP contribution >= 0.6 is 0 Å². The predicted molar refractivity (Wildman–Crippen MR) is 81.7 cm³/mol. The number of aromatic nitrogens is 2. The quantitative estimate of drug-likeness (QED) is 0.738. The summed E-state index contributed by atoms with van der Waals surface area (Å²) in [7, 11) is 0. The Morgan fingerprint density at radius 2 is 2.05 bits per heavy atom. The molecule has 20 heavy (non-hydrogen) atoms. The van der Waals surface area contributed by atoms with Gasteiger partial charge in [-0.2, -0.15) is 4.98 Å². The zero-order valence-corrected chi connectivity index (χ0v) is 12.8. The first-order valence-corrected chi connectivity index (χ1v) is 7.00. The molecule has 1 heterocycles. The number of carbonyl (C=O) groups excluding carboxylic acids is 1. The van der Waals surface area contributed by atoms with Crippen molar-refractivity contribution in [3.63, 3.8) is 0 Å². The summed E-state index contributed by atoms with van der Waals surface area (Å²) in [6, 6.07) is 1.81. The zero-order chi connectivity index (χ0) is 15.2. The van der Waals surface area contributed by atoms with Crippen molar-refractivity contribution < 1.29 is 4.79 Å². The van der Waals surface area contributed by atoms with Crippen molar-refractivity contribution in [2.45, 2.75) is 40.5 Å². The van der Waals surface area contributed by atoms with Crippen molar-refractivity contribution in [3.05, 3.63) is 11.8 Å². The highest BCUT2D eigenvalue weighted by atomic mass is 16.2. The van der Waals surface area contributed by atoms with E-state index in [0.29, 0.717) is 18.3 Å². The number of anilines is 2. The van der Waals surface area contributed by atoms with Gasteiger partial charge in [-0.1, -0.05) is 20.8 Å². The van der Waals surface area contributed by atoms with Gasteiger partial charge < -0.3 is 16.4 Å². The highest BCUT2D eigenvalue weighted by molar-refractivity contribution is 5.93. The Balaban J connectivity index is 2.93. The second kappa shape index (κ2) is 7.19. The Labute approximate surface area is 120 Å². The second-order valence-corrected chi connectivity index (χ2v) is 5.69. The topological polar surface area (TPSA) is 92.9 Å². The fourth-order valence-electron chi connectivity index (χ4n) is 1.51. The van der Waals surface area contributed by atoms with Crippen molar-refractivity contribution in [1.82, 2.24) is 9.97 Å². The number of nitrogens with zero attached hydrogens (tertiary/aromatic N) is 2. The van der Waals surface area contributed by atoms with Crippen LogP contribution in [0.15, 0.2) is 6.07 Å². The number of nitrogens with two attached hydrogens (primary N) is 1. The average Bonchev–Trinajstić information content (AvgIpc) is 2.35. The van der Waals surface area contributed by atoms with E-state index in [-0.39, 0.29) is 5.91 Å². The van der Waals surface area contributed by atoms with Crippen LogP contribution in [-0.2, 0) is 11.2 Å². The van der Waals surface area contributed by atoms with Gasteiger partial charge in [-0.25, -0.2) is 4.98 Å². The Hall–Kier alpha value is -1.69. The number of nitrogens with one attached hydrogen (secondary N) is 2. The van der Waals surface area contributed by atoms with E-state index in [4.69, 9.17) is 5.73 Å². The van der Waals surface area contributed by atoms with Crippen LogP contribution in [0.25, 0.3) is 0 Å². The van der Waals surface area contributed by atoms with Gasteiger partial charge in [0.2, 0.25) is 11.9 Å². The molecule has 0 saturated carbocycles. The molecule has 0 unspecified atom stereocenters. The molecule has 1 amide bonds. The van der Waals surface area contributed by atoms with E-state index < -0.39 is 5.41 Å². The summed E-state index contributed by atoms with van der Waals surface area (Å²) in [4.78, 5) is 20.7. The van der Waals surface area contributed by atoms with E-state index in [0.717, 1.165) is 25.1 Å². The highest BCUT2D eigenvalue weighted by Gasteiger charge is 2.22. The minimum Gasteiger partial charge on any atom is -0.354 e. The van der Waals surface area contributed by atoms with Gasteiger partial charge in [-0.05, 0) is 26.3 Å². The predicted octanol–water partition coefficient (Wildman–Crippen LogP) is 1.78. The smallest absolute Gasteiger partial charge is 0.230 e. The van der Waals surface area contributed by atoms with E-state index >= 15 is 0 Å². The zero-order valence-electron chi connectivity index (χ0n) is 12.8. The molecule has 0 aliphatic rings. The van der Waals surface area contributed by atoms with Crippen LogP contribution < -0.4 is 16.4 Å². The van der Waals surface area contributed by atoms with Gasteiger partial charge in [0.05, 0.1) is 0 Å². The maximum absolute atomic E-state index is 12.0. The Kier molecular flexibility index (Phi) is 5.88. The van der Waals surface area contributed by atoms with E-state index in [1.165, 1.54) is 0 Å². The van der Waals surface area contributed by atoms with Crippen LogP contribution in [0, 0.1) is 5.41 Å². The lowest BCUT2D eigenvalue weighted by molar-refractivity contribution is -0.123. The molecule has 0 aliphatic heterocycles. The number of rotatable bonds is 6. The minimum atomic E-state index is -0.458. The first-order valence-electron chi connectivity index (χ1n) is 7.00. The van der Waals surface area contributed by atoms with Crippen LogP contribution in [0.4, 0.5) is 11.8 Å². The van der Waals surface area contributed by atoms with Gasteiger partial charge in [0.25, 0.3) is 0 Å². The third kappa shape index (κ3) is 5.13. The fraction of sp³-hybridized carbons (Fsp3) is 0.643. The molecule has 0 aliphatic carbocycles. The molecule has 1 aromatic heterocycles. The van der Waals surface area contributed by atoms with Gasteiger partial charge in [-0.3, -0.25) is 4.79 Å². The summed E-state index contributed by atoms with van der Waals surface area (Å²) in [6.45, 7) is 8.92. The fourth-order valence-corrected chi connectivity index (χ4v) is 1.51. The SMILES string of the molecule is CCNc1nc(CCCN)cc(NC(=O)C(C)(C)C)n1. The molecule has 0 bridgehead atoms. The maximum atomic E-state index is 12.0. The third-order valence-corrected chi connectivity index (χ3v) is 2.67. The largest absolute Gasteiger partial charge is 0.354 e. The standard InChI is InChI=1S/C14H25N5O/c1-5-16-13-17-10(7-6-8-15)9-11(19-13)18-12(20)14(2,3)4/h9H,5-8,15H2,1-4H3,(H2,16,17,18,19,20). The number of amides is 1. The van der Waals surface area contributed by atoms with Crippen molar-refractivity contribution in [1.29, 1.82) is 0 Å². The van der Waals surface area contributed by atoms with Gasteiger partial charge in [-0.15, -0.1) is 0 Å².